The lowest BCUT2D eigenvalue weighted by molar-refractivity contribution is -0.127. The monoisotopic (exact) mass is 398 g/mol. The van der Waals surface area contributed by atoms with Crippen LogP contribution in [0.1, 0.15) is 13.8 Å². The zero-order valence-electron chi connectivity index (χ0n) is 14.2. The van der Waals surface area contributed by atoms with Gasteiger partial charge < -0.3 is 9.47 Å². The van der Waals surface area contributed by atoms with Crippen molar-refractivity contribution in [3.8, 4) is 11.5 Å². The minimum Gasteiger partial charge on any atom is -0.494 e. The largest absolute Gasteiger partial charge is 0.494 e. The van der Waals surface area contributed by atoms with E-state index in [0.717, 1.165) is 0 Å². The van der Waals surface area contributed by atoms with Crippen LogP contribution in [0.5, 0.6) is 11.5 Å². The molecule has 1 atom stereocenters. The first kappa shape index (κ1) is 20.0. The SMILES string of the molecule is CCOc1ccc(O[C@H](C)C(=O)NNS(=O)(=O)c2ccc(Cl)cc2)cc1. The van der Waals surface area contributed by atoms with E-state index < -0.39 is 22.0 Å². The number of rotatable bonds is 8. The highest BCUT2D eigenvalue weighted by molar-refractivity contribution is 7.89. The zero-order chi connectivity index (χ0) is 19.2. The maximum absolute atomic E-state index is 12.1. The van der Waals surface area contributed by atoms with Crippen LogP contribution < -0.4 is 19.7 Å². The number of amides is 1. The molecular weight excluding hydrogens is 380 g/mol. The summed E-state index contributed by atoms with van der Waals surface area (Å²) >= 11 is 5.73. The van der Waals surface area contributed by atoms with Gasteiger partial charge in [-0.25, -0.2) is 8.42 Å². The van der Waals surface area contributed by atoms with Crippen molar-refractivity contribution >= 4 is 27.5 Å². The Hall–Kier alpha value is -2.29. The summed E-state index contributed by atoms with van der Waals surface area (Å²) in [5.74, 6) is 0.501. The highest BCUT2D eigenvalue weighted by atomic mass is 35.5. The fourth-order valence-corrected chi connectivity index (χ4v) is 2.90. The lowest BCUT2D eigenvalue weighted by Gasteiger charge is -2.15. The van der Waals surface area contributed by atoms with Crippen LogP contribution in [0.3, 0.4) is 0 Å². The van der Waals surface area contributed by atoms with E-state index in [2.05, 4.69) is 5.43 Å². The van der Waals surface area contributed by atoms with E-state index in [9.17, 15) is 13.2 Å². The standard InChI is InChI=1S/C17H19ClN2O5S/c1-3-24-14-6-8-15(9-7-14)25-12(2)17(21)19-20-26(22,23)16-10-4-13(18)5-11-16/h4-12,20H,3H2,1-2H3,(H,19,21)/t12-/m1/s1. The fourth-order valence-electron chi connectivity index (χ4n) is 1.93. The Morgan fingerprint density at radius 3 is 2.23 bits per heavy atom. The van der Waals surface area contributed by atoms with Crippen LogP contribution in [-0.2, 0) is 14.8 Å². The van der Waals surface area contributed by atoms with E-state index in [-0.39, 0.29) is 4.90 Å². The number of ether oxygens (including phenoxy) is 2. The molecule has 0 aliphatic heterocycles. The summed E-state index contributed by atoms with van der Waals surface area (Å²) in [5, 5.41) is 0.408. The molecule has 0 unspecified atom stereocenters. The summed E-state index contributed by atoms with van der Waals surface area (Å²) in [6.07, 6.45) is -0.916. The lowest BCUT2D eigenvalue weighted by Crippen LogP contribution is -2.47. The number of hydrazine groups is 1. The van der Waals surface area contributed by atoms with Gasteiger partial charge >= 0.3 is 0 Å². The molecule has 2 aromatic carbocycles. The summed E-state index contributed by atoms with van der Waals surface area (Å²) in [4.78, 5) is 14.0. The first-order valence-corrected chi connectivity index (χ1v) is 9.64. The Morgan fingerprint density at radius 1 is 1.08 bits per heavy atom. The van der Waals surface area contributed by atoms with Crippen LogP contribution in [-0.4, -0.2) is 27.0 Å². The minimum absolute atomic E-state index is 0.0257. The first-order valence-electron chi connectivity index (χ1n) is 7.78. The van der Waals surface area contributed by atoms with Gasteiger partial charge in [-0.05, 0) is 62.4 Å². The van der Waals surface area contributed by atoms with Crippen LogP contribution in [0.15, 0.2) is 53.4 Å². The average molecular weight is 399 g/mol. The molecule has 140 valence electrons. The van der Waals surface area contributed by atoms with Gasteiger partial charge in [0.25, 0.3) is 15.9 Å². The van der Waals surface area contributed by atoms with Gasteiger partial charge in [0.1, 0.15) is 11.5 Å². The number of carbonyl (C=O) groups excluding carboxylic acids is 1. The first-order chi connectivity index (χ1) is 12.3. The highest BCUT2D eigenvalue weighted by Gasteiger charge is 2.19. The second kappa shape index (κ2) is 8.88. The predicted molar refractivity (Wildman–Crippen MR) is 97.6 cm³/mol. The van der Waals surface area contributed by atoms with Crippen LogP contribution in [0, 0.1) is 0 Å². The summed E-state index contributed by atoms with van der Waals surface area (Å²) in [7, 11) is -3.90. The van der Waals surface area contributed by atoms with E-state index >= 15 is 0 Å². The number of sulfonamides is 1. The van der Waals surface area contributed by atoms with E-state index in [1.165, 1.54) is 31.2 Å². The predicted octanol–water partition coefficient (Wildman–Crippen LogP) is 2.52. The molecule has 7 nitrogen and oxygen atoms in total. The second-order valence-corrected chi connectivity index (χ2v) is 7.33. The van der Waals surface area contributed by atoms with Gasteiger partial charge in [0.05, 0.1) is 11.5 Å². The third-order valence-electron chi connectivity index (χ3n) is 3.25. The smallest absolute Gasteiger partial charge is 0.275 e. The number of benzene rings is 2. The maximum Gasteiger partial charge on any atom is 0.275 e. The van der Waals surface area contributed by atoms with E-state index in [1.54, 1.807) is 24.3 Å². The number of nitrogens with one attached hydrogen (secondary N) is 2. The Bertz CT molecular complexity index is 838. The summed E-state index contributed by atoms with van der Waals surface area (Å²) in [6.45, 7) is 3.93. The molecule has 0 aliphatic carbocycles. The molecule has 0 saturated carbocycles. The van der Waals surface area contributed by atoms with Crippen LogP contribution in [0.2, 0.25) is 5.02 Å². The Morgan fingerprint density at radius 2 is 1.65 bits per heavy atom. The molecule has 0 bridgehead atoms. The van der Waals surface area contributed by atoms with Gasteiger partial charge in [-0.3, -0.25) is 10.2 Å². The number of hydrogen-bond acceptors (Lipinski definition) is 5. The Kier molecular flexibility index (Phi) is 6.84. The third-order valence-corrected chi connectivity index (χ3v) is 4.76. The number of hydrogen-bond donors (Lipinski definition) is 2. The van der Waals surface area contributed by atoms with Crippen molar-refractivity contribution in [1.29, 1.82) is 0 Å². The molecule has 1 amide bonds. The normalized spacial score (nSPS) is 12.3. The summed E-state index contributed by atoms with van der Waals surface area (Å²) < 4.78 is 35.0. The molecule has 2 rings (SSSR count). The minimum atomic E-state index is -3.90. The van der Waals surface area contributed by atoms with Gasteiger partial charge in [-0.15, -0.1) is 4.83 Å². The number of halogens is 1. The van der Waals surface area contributed by atoms with Crippen LogP contribution in [0.25, 0.3) is 0 Å². The second-order valence-electron chi connectivity index (χ2n) is 5.21. The topological polar surface area (TPSA) is 93.7 Å². The maximum atomic E-state index is 12.1. The van der Waals surface area contributed by atoms with E-state index in [4.69, 9.17) is 21.1 Å². The zero-order valence-corrected chi connectivity index (χ0v) is 15.8. The molecule has 0 aromatic heterocycles. The molecule has 9 heteroatoms. The van der Waals surface area contributed by atoms with Crippen molar-refractivity contribution in [3.05, 3.63) is 53.6 Å². The van der Waals surface area contributed by atoms with Gasteiger partial charge in [-0.1, -0.05) is 11.6 Å². The lowest BCUT2D eigenvalue weighted by atomic mass is 10.3. The van der Waals surface area contributed by atoms with Crippen molar-refractivity contribution in [2.24, 2.45) is 0 Å². The molecule has 2 aromatic rings. The van der Waals surface area contributed by atoms with E-state index in [1.807, 2.05) is 11.8 Å². The van der Waals surface area contributed by atoms with Crippen molar-refractivity contribution in [1.82, 2.24) is 10.3 Å². The van der Waals surface area contributed by atoms with Crippen molar-refractivity contribution < 1.29 is 22.7 Å². The average Bonchev–Trinajstić information content (AvgIpc) is 2.62. The van der Waals surface area contributed by atoms with Crippen molar-refractivity contribution in [3.63, 3.8) is 0 Å². The molecule has 2 N–H and O–H groups in total. The van der Waals surface area contributed by atoms with Gasteiger partial charge in [0.2, 0.25) is 0 Å². The van der Waals surface area contributed by atoms with Gasteiger partial charge in [-0.2, -0.15) is 0 Å². The molecule has 26 heavy (non-hydrogen) atoms. The summed E-state index contributed by atoms with van der Waals surface area (Å²) in [6, 6.07) is 12.3. The molecule has 0 radical (unpaired) electrons. The van der Waals surface area contributed by atoms with Crippen LogP contribution >= 0.6 is 11.6 Å². The molecule has 0 fully saturated rings. The quantitative estimate of drug-likeness (QED) is 0.666. The molecule has 0 aliphatic rings. The third kappa shape index (κ3) is 5.62. The fraction of sp³-hybridized carbons (Fsp3) is 0.235. The van der Waals surface area contributed by atoms with Gasteiger partial charge in [0.15, 0.2) is 6.10 Å². The molecule has 0 heterocycles. The van der Waals surface area contributed by atoms with Gasteiger partial charge in [0, 0.05) is 5.02 Å². The Labute approximate surface area is 157 Å². The van der Waals surface area contributed by atoms with E-state index in [0.29, 0.717) is 23.1 Å². The Balaban J connectivity index is 1.91. The van der Waals surface area contributed by atoms with Crippen LogP contribution in [0.4, 0.5) is 0 Å². The van der Waals surface area contributed by atoms with Crippen molar-refractivity contribution in [2.75, 3.05) is 6.61 Å². The number of carbonyl (C=O) groups is 1. The molecule has 0 saturated heterocycles. The molecular formula is C17H19ClN2O5S. The van der Waals surface area contributed by atoms with Crippen molar-refractivity contribution in [2.45, 2.75) is 24.8 Å². The highest BCUT2D eigenvalue weighted by Crippen LogP contribution is 2.18. The summed E-state index contributed by atoms with van der Waals surface area (Å²) in [5.41, 5.74) is 2.13. The molecule has 0 spiro atoms.